The molecular formula is C15H19N3S. The molecule has 1 aliphatic rings. The molecule has 0 amide bonds. The minimum absolute atomic E-state index is 0.662. The van der Waals surface area contributed by atoms with Gasteiger partial charge in [0.15, 0.2) is 0 Å². The fourth-order valence-electron chi connectivity index (χ4n) is 2.55. The summed E-state index contributed by atoms with van der Waals surface area (Å²) in [5.74, 6) is 0.662. The number of aryl methyl sites for hydroxylation is 1. The molecule has 1 unspecified atom stereocenters. The van der Waals surface area contributed by atoms with Crippen molar-refractivity contribution in [2.45, 2.75) is 19.9 Å². The molecule has 0 fully saturated rings. The number of hydrogen-bond donors (Lipinski definition) is 2. The van der Waals surface area contributed by atoms with Crippen molar-refractivity contribution < 1.29 is 0 Å². The molecule has 19 heavy (non-hydrogen) atoms. The number of hydrogen-bond acceptors (Lipinski definition) is 4. The summed E-state index contributed by atoms with van der Waals surface area (Å²) in [5.41, 5.74) is 3.89. The Kier molecular flexibility index (Phi) is 3.80. The lowest BCUT2D eigenvalue weighted by Crippen LogP contribution is -2.32. The zero-order valence-electron chi connectivity index (χ0n) is 11.1. The first-order valence-electron chi connectivity index (χ1n) is 6.75. The highest BCUT2D eigenvalue weighted by atomic mass is 32.1. The quantitative estimate of drug-likeness (QED) is 0.899. The van der Waals surface area contributed by atoms with E-state index in [-0.39, 0.29) is 0 Å². The van der Waals surface area contributed by atoms with E-state index in [1.165, 1.54) is 11.3 Å². The third-order valence-corrected chi connectivity index (χ3v) is 4.34. The number of nitrogens with zero attached hydrogens (tertiary/aromatic N) is 1. The second kappa shape index (κ2) is 5.72. The van der Waals surface area contributed by atoms with Crippen LogP contribution in [-0.2, 0) is 13.0 Å². The van der Waals surface area contributed by atoms with Crippen LogP contribution in [-0.4, -0.2) is 18.1 Å². The molecule has 1 atom stereocenters. The lowest BCUT2D eigenvalue weighted by molar-refractivity contribution is 0.481. The van der Waals surface area contributed by atoms with Gasteiger partial charge in [0.05, 0.1) is 10.7 Å². The normalized spacial score (nSPS) is 17.8. The Morgan fingerprint density at radius 2 is 2.32 bits per heavy atom. The van der Waals surface area contributed by atoms with Crippen LogP contribution in [0.2, 0.25) is 0 Å². The third kappa shape index (κ3) is 3.14. The first-order valence-corrected chi connectivity index (χ1v) is 7.63. The minimum Gasteiger partial charge on any atom is -0.384 e. The molecule has 3 nitrogen and oxygen atoms in total. The summed E-state index contributed by atoms with van der Waals surface area (Å²) in [6.07, 6.45) is 1.16. The molecule has 4 heteroatoms. The Hall–Kier alpha value is -1.39. The summed E-state index contributed by atoms with van der Waals surface area (Å²) in [7, 11) is 0. The molecule has 0 bridgehead atoms. The van der Waals surface area contributed by atoms with Crippen LogP contribution in [0.5, 0.6) is 0 Å². The highest BCUT2D eigenvalue weighted by Gasteiger charge is 2.17. The number of aromatic nitrogens is 1. The monoisotopic (exact) mass is 273 g/mol. The predicted molar refractivity (Wildman–Crippen MR) is 80.7 cm³/mol. The highest BCUT2D eigenvalue weighted by molar-refractivity contribution is 7.09. The molecule has 2 heterocycles. The van der Waals surface area contributed by atoms with E-state index < -0.39 is 0 Å². The van der Waals surface area contributed by atoms with Gasteiger partial charge in [-0.1, -0.05) is 18.2 Å². The Bertz CT molecular complexity index is 550. The SMILES string of the molecule is Cc1nc(CNCC2CNc3ccccc3C2)cs1. The molecule has 0 saturated carbocycles. The Morgan fingerprint density at radius 1 is 1.42 bits per heavy atom. The van der Waals surface area contributed by atoms with E-state index in [0.29, 0.717) is 5.92 Å². The van der Waals surface area contributed by atoms with Gasteiger partial charge < -0.3 is 10.6 Å². The maximum Gasteiger partial charge on any atom is 0.0897 e. The summed E-state index contributed by atoms with van der Waals surface area (Å²) >= 11 is 1.72. The van der Waals surface area contributed by atoms with Gasteiger partial charge >= 0.3 is 0 Å². The largest absolute Gasteiger partial charge is 0.384 e. The number of benzene rings is 1. The maximum atomic E-state index is 4.47. The lowest BCUT2D eigenvalue weighted by Gasteiger charge is -2.26. The summed E-state index contributed by atoms with van der Waals surface area (Å²) in [4.78, 5) is 4.47. The van der Waals surface area contributed by atoms with E-state index in [0.717, 1.165) is 36.8 Å². The van der Waals surface area contributed by atoms with Gasteiger partial charge in [-0.25, -0.2) is 4.98 Å². The van der Waals surface area contributed by atoms with Crippen LogP contribution in [0.15, 0.2) is 29.6 Å². The summed E-state index contributed by atoms with van der Waals surface area (Å²) in [6, 6.07) is 8.60. The van der Waals surface area contributed by atoms with Crippen LogP contribution >= 0.6 is 11.3 Å². The predicted octanol–water partition coefficient (Wildman–Crippen LogP) is 2.83. The highest BCUT2D eigenvalue weighted by Crippen LogP contribution is 2.23. The van der Waals surface area contributed by atoms with E-state index in [2.05, 4.69) is 52.2 Å². The number of fused-ring (bicyclic) bond motifs is 1. The lowest BCUT2D eigenvalue weighted by atomic mass is 9.94. The van der Waals surface area contributed by atoms with Gasteiger partial charge in [0.25, 0.3) is 0 Å². The van der Waals surface area contributed by atoms with Crippen molar-refractivity contribution in [2.24, 2.45) is 5.92 Å². The van der Waals surface area contributed by atoms with Crippen molar-refractivity contribution in [3.05, 3.63) is 45.9 Å². The van der Waals surface area contributed by atoms with Crippen LogP contribution in [0.4, 0.5) is 5.69 Å². The van der Waals surface area contributed by atoms with Crippen molar-refractivity contribution in [3.8, 4) is 0 Å². The van der Waals surface area contributed by atoms with Gasteiger partial charge in [-0.05, 0) is 30.9 Å². The molecule has 1 aliphatic heterocycles. The van der Waals surface area contributed by atoms with Gasteiger partial charge in [0.2, 0.25) is 0 Å². The van der Waals surface area contributed by atoms with Gasteiger partial charge in [-0.3, -0.25) is 0 Å². The fraction of sp³-hybridized carbons (Fsp3) is 0.400. The Balaban J connectivity index is 1.50. The molecule has 0 radical (unpaired) electrons. The number of nitrogens with one attached hydrogen (secondary N) is 2. The van der Waals surface area contributed by atoms with Crippen LogP contribution in [0.25, 0.3) is 0 Å². The molecule has 100 valence electrons. The topological polar surface area (TPSA) is 37.0 Å². The van der Waals surface area contributed by atoms with Crippen molar-refractivity contribution in [2.75, 3.05) is 18.4 Å². The Labute approximate surface area is 118 Å². The molecule has 3 rings (SSSR count). The standard InChI is InChI=1S/C15H19N3S/c1-11-18-14(10-19-11)9-16-7-12-6-13-4-2-3-5-15(13)17-8-12/h2-5,10,12,16-17H,6-9H2,1H3. The third-order valence-electron chi connectivity index (χ3n) is 3.51. The molecule has 0 spiro atoms. The smallest absolute Gasteiger partial charge is 0.0897 e. The Morgan fingerprint density at radius 3 is 3.16 bits per heavy atom. The van der Waals surface area contributed by atoms with Crippen molar-refractivity contribution >= 4 is 17.0 Å². The van der Waals surface area contributed by atoms with Crippen molar-refractivity contribution in [3.63, 3.8) is 0 Å². The average Bonchev–Trinajstić information content (AvgIpc) is 2.84. The summed E-state index contributed by atoms with van der Waals surface area (Å²) < 4.78 is 0. The first-order chi connectivity index (χ1) is 9.31. The van der Waals surface area contributed by atoms with Crippen LogP contribution in [0.1, 0.15) is 16.3 Å². The first kappa shape index (κ1) is 12.6. The summed E-state index contributed by atoms with van der Waals surface area (Å²) in [5, 5.41) is 10.3. The van der Waals surface area contributed by atoms with Crippen molar-refractivity contribution in [1.29, 1.82) is 0 Å². The number of para-hydroxylation sites is 1. The molecular weight excluding hydrogens is 254 g/mol. The van der Waals surface area contributed by atoms with Gasteiger partial charge in [-0.15, -0.1) is 11.3 Å². The zero-order chi connectivity index (χ0) is 13.1. The molecule has 2 aromatic rings. The van der Waals surface area contributed by atoms with Crippen LogP contribution in [0, 0.1) is 12.8 Å². The maximum absolute atomic E-state index is 4.47. The van der Waals surface area contributed by atoms with E-state index in [1.54, 1.807) is 11.3 Å². The second-order valence-electron chi connectivity index (χ2n) is 5.10. The van der Waals surface area contributed by atoms with E-state index in [9.17, 15) is 0 Å². The van der Waals surface area contributed by atoms with Crippen LogP contribution < -0.4 is 10.6 Å². The fourth-order valence-corrected chi connectivity index (χ4v) is 3.16. The van der Waals surface area contributed by atoms with Crippen LogP contribution in [0.3, 0.4) is 0 Å². The molecule has 1 aromatic heterocycles. The second-order valence-corrected chi connectivity index (χ2v) is 6.16. The van der Waals surface area contributed by atoms with Gasteiger partial charge in [0.1, 0.15) is 0 Å². The van der Waals surface area contributed by atoms with Gasteiger partial charge in [-0.2, -0.15) is 0 Å². The average molecular weight is 273 g/mol. The molecule has 2 N–H and O–H groups in total. The number of thiazole rings is 1. The van der Waals surface area contributed by atoms with E-state index in [4.69, 9.17) is 0 Å². The van der Waals surface area contributed by atoms with E-state index >= 15 is 0 Å². The minimum atomic E-state index is 0.662. The summed E-state index contributed by atoms with van der Waals surface area (Å²) in [6.45, 7) is 5.02. The number of rotatable bonds is 4. The van der Waals surface area contributed by atoms with E-state index in [1.807, 2.05) is 0 Å². The zero-order valence-corrected chi connectivity index (χ0v) is 12.0. The van der Waals surface area contributed by atoms with Crippen molar-refractivity contribution in [1.82, 2.24) is 10.3 Å². The molecule has 0 aliphatic carbocycles. The molecule has 1 aromatic carbocycles. The number of anilines is 1. The van der Waals surface area contributed by atoms with Gasteiger partial charge in [0, 0.05) is 30.7 Å². The molecule has 0 saturated heterocycles.